The zero-order valence-corrected chi connectivity index (χ0v) is 18.7. The fraction of sp³-hybridized carbons (Fsp3) is 0.417. The van der Waals surface area contributed by atoms with Gasteiger partial charge < -0.3 is 10.2 Å². The zero-order valence-electron chi connectivity index (χ0n) is 17.9. The summed E-state index contributed by atoms with van der Waals surface area (Å²) >= 11 is 0. The highest BCUT2D eigenvalue weighted by atomic mass is 32.2. The predicted molar refractivity (Wildman–Crippen MR) is 121 cm³/mol. The van der Waals surface area contributed by atoms with Crippen LogP contribution in [0.1, 0.15) is 50.2 Å². The van der Waals surface area contributed by atoms with Crippen LogP contribution in [-0.4, -0.2) is 32.5 Å². The Labute approximate surface area is 183 Å². The first-order chi connectivity index (χ1) is 14.7. The molecule has 2 aliphatic rings. The molecule has 1 aliphatic carbocycles. The molecule has 1 heterocycles. The van der Waals surface area contributed by atoms with Gasteiger partial charge >= 0.3 is 0 Å². The molecule has 2 amide bonds. The largest absolute Gasteiger partial charge is 0.326 e. The van der Waals surface area contributed by atoms with Gasteiger partial charge in [0, 0.05) is 30.3 Å². The van der Waals surface area contributed by atoms with Crippen LogP contribution in [0.15, 0.2) is 47.4 Å². The number of carbonyl (C=O) groups excluding carboxylic acids is 2. The molecule has 7 heteroatoms. The van der Waals surface area contributed by atoms with Gasteiger partial charge in [-0.1, -0.05) is 26.0 Å². The highest BCUT2D eigenvalue weighted by molar-refractivity contribution is 7.91. The lowest BCUT2D eigenvalue weighted by Crippen LogP contribution is -2.30. The molecule has 0 unspecified atom stereocenters. The Hall–Kier alpha value is -2.67. The molecule has 0 aromatic heterocycles. The third kappa shape index (κ3) is 4.82. The van der Waals surface area contributed by atoms with Crippen molar-refractivity contribution in [3.8, 4) is 0 Å². The van der Waals surface area contributed by atoms with E-state index >= 15 is 0 Å². The van der Waals surface area contributed by atoms with Gasteiger partial charge in [-0.3, -0.25) is 9.59 Å². The molecule has 6 nitrogen and oxygen atoms in total. The summed E-state index contributed by atoms with van der Waals surface area (Å²) in [6.07, 6.45) is 2.43. The number of hydrogen-bond donors (Lipinski definition) is 1. The highest BCUT2D eigenvalue weighted by Crippen LogP contribution is 2.37. The number of anilines is 2. The molecule has 2 aromatic carbocycles. The van der Waals surface area contributed by atoms with E-state index in [0.29, 0.717) is 24.6 Å². The molecule has 0 spiro atoms. The average molecular weight is 441 g/mol. The number of fused-ring (bicyclic) bond motifs is 1. The quantitative estimate of drug-likeness (QED) is 0.708. The molecule has 2 aromatic rings. The number of carbonyl (C=O) groups is 2. The van der Waals surface area contributed by atoms with E-state index < -0.39 is 9.84 Å². The van der Waals surface area contributed by atoms with Gasteiger partial charge in [-0.2, -0.15) is 0 Å². The van der Waals surface area contributed by atoms with Crippen molar-refractivity contribution in [2.75, 3.05) is 22.5 Å². The molecule has 1 saturated carbocycles. The molecule has 0 saturated heterocycles. The molecule has 31 heavy (non-hydrogen) atoms. The van der Waals surface area contributed by atoms with Crippen LogP contribution in [0.2, 0.25) is 0 Å². The van der Waals surface area contributed by atoms with Crippen LogP contribution >= 0.6 is 0 Å². The maximum absolute atomic E-state index is 12.8. The summed E-state index contributed by atoms with van der Waals surface area (Å²) in [6.45, 7) is 4.80. The number of rotatable bonds is 7. The van der Waals surface area contributed by atoms with Crippen molar-refractivity contribution in [3.05, 3.63) is 53.6 Å². The molecule has 1 aliphatic heterocycles. The summed E-state index contributed by atoms with van der Waals surface area (Å²) in [5, 5.41) is 2.76. The zero-order chi connectivity index (χ0) is 22.2. The van der Waals surface area contributed by atoms with Crippen LogP contribution in [0.5, 0.6) is 0 Å². The lowest BCUT2D eigenvalue weighted by atomic mass is 10.0. The highest BCUT2D eigenvalue weighted by Gasteiger charge is 2.36. The molecule has 0 atom stereocenters. The van der Waals surface area contributed by atoms with Crippen molar-refractivity contribution in [3.63, 3.8) is 0 Å². The van der Waals surface area contributed by atoms with Crippen molar-refractivity contribution >= 4 is 33.0 Å². The van der Waals surface area contributed by atoms with E-state index in [1.54, 1.807) is 23.1 Å². The fourth-order valence-corrected chi connectivity index (χ4v) is 5.16. The lowest BCUT2D eigenvalue weighted by Gasteiger charge is -2.17. The molecule has 1 N–H and O–H groups in total. The minimum absolute atomic E-state index is 0.113. The summed E-state index contributed by atoms with van der Waals surface area (Å²) in [5.41, 5.74) is 3.53. The van der Waals surface area contributed by atoms with Crippen LogP contribution in [-0.2, 0) is 25.8 Å². The summed E-state index contributed by atoms with van der Waals surface area (Å²) < 4.78 is 25.6. The summed E-state index contributed by atoms with van der Waals surface area (Å²) in [6, 6.07) is 12.5. The van der Waals surface area contributed by atoms with Crippen LogP contribution in [0, 0.1) is 5.92 Å². The summed E-state index contributed by atoms with van der Waals surface area (Å²) in [4.78, 5) is 26.6. The number of nitrogens with zero attached hydrogens (tertiary/aromatic N) is 1. The number of amides is 2. The van der Waals surface area contributed by atoms with Gasteiger partial charge in [0.2, 0.25) is 11.8 Å². The first-order valence-electron chi connectivity index (χ1n) is 10.8. The van der Waals surface area contributed by atoms with Gasteiger partial charge in [0.05, 0.1) is 10.6 Å². The summed E-state index contributed by atoms with van der Waals surface area (Å²) in [7, 11) is -3.59. The Morgan fingerprint density at radius 3 is 2.45 bits per heavy atom. The topological polar surface area (TPSA) is 83.6 Å². The van der Waals surface area contributed by atoms with Crippen molar-refractivity contribution < 1.29 is 18.0 Å². The van der Waals surface area contributed by atoms with Crippen LogP contribution in [0.25, 0.3) is 0 Å². The van der Waals surface area contributed by atoms with Gasteiger partial charge in [-0.15, -0.1) is 0 Å². The smallest absolute Gasteiger partial charge is 0.230 e. The standard InChI is InChI=1S/C24H28N2O4S/c1-16(2)17-5-7-20(8-6-17)25-23(27)12-14-31(29,30)21-9-10-22-19(15-21)11-13-26(22)24(28)18-3-4-18/h5-10,15-16,18H,3-4,11-14H2,1-2H3,(H,25,27). The molecule has 0 bridgehead atoms. The van der Waals surface area contributed by atoms with Crippen LogP contribution < -0.4 is 10.2 Å². The first kappa shape index (κ1) is 21.6. The molecular weight excluding hydrogens is 412 g/mol. The van der Waals surface area contributed by atoms with E-state index in [0.717, 1.165) is 24.1 Å². The van der Waals surface area contributed by atoms with E-state index in [4.69, 9.17) is 0 Å². The Kier molecular flexibility index (Phi) is 5.88. The normalized spacial score (nSPS) is 15.8. The van der Waals surface area contributed by atoms with Crippen molar-refractivity contribution in [2.45, 2.75) is 50.3 Å². The van der Waals surface area contributed by atoms with E-state index in [9.17, 15) is 18.0 Å². The lowest BCUT2D eigenvalue weighted by molar-refractivity contribution is -0.119. The number of hydrogen-bond acceptors (Lipinski definition) is 4. The van der Waals surface area contributed by atoms with Gasteiger partial charge in [0.25, 0.3) is 0 Å². The number of benzene rings is 2. The Morgan fingerprint density at radius 2 is 1.81 bits per heavy atom. The van der Waals surface area contributed by atoms with Crippen molar-refractivity contribution in [2.24, 2.45) is 5.92 Å². The molecule has 0 radical (unpaired) electrons. The minimum Gasteiger partial charge on any atom is -0.326 e. The predicted octanol–water partition coefficient (Wildman–Crippen LogP) is 3.91. The van der Waals surface area contributed by atoms with Gasteiger partial charge in [0.15, 0.2) is 9.84 Å². The number of sulfone groups is 1. The average Bonchev–Trinajstić information content (AvgIpc) is 3.51. The van der Waals surface area contributed by atoms with Gasteiger partial charge in [-0.05, 0) is 66.6 Å². The third-order valence-electron chi connectivity index (χ3n) is 5.96. The SMILES string of the molecule is CC(C)c1ccc(NC(=O)CCS(=O)(=O)c2ccc3c(c2)CCN3C(=O)C2CC2)cc1. The van der Waals surface area contributed by atoms with E-state index in [1.165, 1.54) is 5.56 Å². The molecular formula is C24H28N2O4S. The Balaban J connectivity index is 1.37. The second-order valence-corrected chi connectivity index (χ2v) is 10.8. The van der Waals surface area contributed by atoms with E-state index in [2.05, 4.69) is 19.2 Å². The number of nitrogens with one attached hydrogen (secondary N) is 1. The maximum atomic E-state index is 12.8. The van der Waals surface area contributed by atoms with Crippen LogP contribution in [0.4, 0.5) is 11.4 Å². The Morgan fingerprint density at radius 1 is 1.10 bits per heavy atom. The van der Waals surface area contributed by atoms with Crippen molar-refractivity contribution in [1.29, 1.82) is 0 Å². The monoisotopic (exact) mass is 440 g/mol. The first-order valence-corrected chi connectivity index (χ1v) is 12.5. The van der Waals surface area contributed by atoms with E-state index in [1.807, 2.05) is 24.3 Å². The second-order valence-electron chi connectivity index (χ2n) is 8.70. The van der Waals surface area contributed by atoms with Crippen molar-refractivity contribution in [1.82, 2.24) is 0 Å². The minimum atomic E-state index is -3.59. The van der Waals surface area contributed by atoms with Gasteiger partial charge in [0.1, 0.15) is 0 Å². The maximum Gasteiger partial charge on any atom is 0.230 e. The Bertz CT molecular complexity index is 1100. The fourth-order valence-electron chi connectivity index (χ4n) is 3.87. The van der Waals surface area contributed by atoms with E-state index in [-0.39, 0.29) is 34.8 Å². The third-order valence-corrected chi connectivity index (χ3v) is 7.67. The molecule has 164 valence electrons. The molecule has 1 fully saturated rings. The second kappa shape index (κ2) is 8.46. The summed E-state index contributed by atoms with van der Waals surface area (Å²) in [5.74, 6) is 0.0955. The van der Waals surface area contributed by atoms with Crippen LogP contribution in [0.3, 0.4) is 0 Å². The van der Waals surface area contributed by atoms with Gasteiger partial charge in [-0.25, -0.2) is 8.42 Å². The molecule has 4 rings (SSSR count).